The van der Waals surface area contributed by atoms with Crippen LogP contribution in [0.5, 0.6) is 0 Å². The third-order valence-corrected chi connectivity index (χ3v) is 3.31. The highest BCUT2D eigenvalue weighted by molar-refractivity contribution is 5.97. The van der Waals surface area contributed by atoms with E-state index in [1.165, 1.54) is 0 Å². The topological polar surface area (TPSA) is 68.0 Å². The van der Waals surface area contributed by atoms with E-state index >= 15 is 0 Å². The van der Waals surface area contributed by atoms with Gasteiger partial charge in [-0.3, -0.25) is 9.78 Å². The SMILES string of the molecule is NC(C(=O)Nc1ccc2ncccc2c1)c1ccccc1. The number of amides is 1. The van der Waals surface area contributed by atoms with E-state index in [1.54, 1.807) is 6.20 Å². The second-order valence-corrected chi connectivity index (χ2v) is 4.79. The lowest BCUT2D eigenvalue weighted by atomic mass is 10.1. The smallest absolute Gasteiger partial charge is 0.245 e. The molecule has 1 heterocycles. The van der Waals surface area contributed by atoms with Crippen molar-refractivity contribution >= 4 is 22.5 Å². The maximum Gasteiger partial charge on any atom is 0.245 e. The maximum atomic E-state index is 12.2. The number of carbonyl (C=O) groups is 1. The average Bonchev–Trinajstić information content (AvgIpc) is 2.55. The summed E-state index contributed by atoms with van der Waals surface area (Å²) in [5.41, 5.74) is 8.37. The number of aromatic nitrogens is 1. The zero-order valence-corrected chi connectivity index (χ0v) is 11.4. The van der Waals surface area contributed by atoms with Crippen LogP contribution >= 0.6 is 0 Å². The van der Waals surface area contributed by atoms with Crippen molar-refractivity contribution in [2.24, 2.45) is 5.73 Å². The van der Waals surface area contributed by atoms with E-state index in [0.29, 0.717) is 5.69 Å². The van der Waals surface area contributed by atoms with Crippen LogP contribution in [-0.2, 0) is 4.79 Å². The molecule has 1 amide bonds. The van der Waals surface area contributed by atoms with Crippen molar-refractivity contribution in [3.63, 3.8) is 0 Å². The highest BCUT2D eigenvalue weighted by Gasteiger charge is 2.15. The molecule has 4 nitrogen and oxygen atoms in total. The second kappa shape index (κ2) is 5.73. The number of nitrogens with zero attached hydrogens (tertiary/aromatic N) is 1. The van der Waals surface area contributed by atoms with Crippen molar-refractivity contribution in [3.8, 4) is 0 Å². The summed E-state index contributed by atoms with van der Waals surface area (Å²) in [7, 11) is 0. The standard InChI is InChI=1S/C17H15N3O/c18-16(12-5-2-1-3-6-12)17(21)20-14-8-9-15-13(11-14)7-4-10-19-15/h1-11,16H,18H2,(H,20,21). The van der Waals surface area contributed by atoms with Crippen molar-refractivity contribution in [3.05, 3.63) is 72.4 Å². The first-order chi connectivity index (χ1) is 10.2. The number of hydrogen-bond donors (Lipinski definition) is 2. The Bertz CT molecular complexity index is 771. The van der Waals surface area contributed by atoms with E-state index in [1.807, 2.05) is 60.7 Å². The maximum absolute atomic E-state index is 12.2. The van der Waals surface area contributed by atoms with Crippen LogP contribution in [-0.4, -0.2) is 10.9 Å². The second-order valence-electron chi connectivity index (χ2n) is 4.79. The fourth-order valence-electron chi connectivity index (χ4n) is 2.19. The summed E-state index contributed by atoms with van der Waals surface area (Å²) < 4.78 is 0. The van der Waals surface area contributed by atoms with E-state index in [0.717, 1.165) is 16.5 Å². The predicted molar refractivity (Wildman–Crippen MR) is 83.7 cm³/mol. The molecular weight excluding hydrogens is 262 g/mol. The van der Waals surface area contributed by atoms with Gasteiger partial charge in [0.1, 0.15) is 6.04 Å². The van der Waals surface area contributed by atoms with Crippen molar-refractivity contribution in [1.29, 1.82) is 0 Å². The first kappa shape index (κ1) is 13.3. The molecule has 0 saturated heterocycles. The molecule has 0 radical (unpaired) electrons. The number of pyridine rings is 1. The normalized spacial score (nSPS) is 12.0. The fourth-order valence-corrected chi connectivity index (χ4v) is 2.19. The van der Waals surface area contributed by atoms with Crippen LogP contribution in [0.25, 0.3) is 10.9 Å². The third kappa shape index (κ3) is 2.90. The van der Waals surface area contributed by atoms with Gasteiger partial charge in [0.15, 0.2) is 0 Å². The molecule has 3 rings (SSSR count). The van der Waals surface area contributed by atoms with Crippen LogP contribution in [0, 0.1) is 0 Å². The van der Waals surface area contributed by atoms with Gasteiger partial charge in [-0.15, -0.1) is 0 Å². The van der Waals surface area contributed by atoms with Crippen LogP contribution in [0.3, 0.4) is 0 Å². The molecule has 0 saturated carbocycles. The molecule has 4 heteroatoms. The molecule has 1 aromatic heterocycles. The van der Waals surface area contributed by atoms with Gasteiger partial charge < -0.3 is 11.1 Å². The Hall–Kier alpha value is -2.72. The quantitative estimate of drug-likeness (QED) is 0.773. The first-order valence-electron chi connectivity index (χ1n) is 6.70. The molecule has 21 heavy (non-hydrogen) atoms. The summed E-state index contributed by atoms with van der Waals surface area (Å²) in [5, 5.41) is 3.82. The summed E-state index contributed by atoms with van der Waals surface area (Å²) in [6.45, 7) is 0. The number of fused-ring (bicyclic) bond motifs is 1. The van der Waals surface area contributed by atoms with Crippen molar-refractivity contribution < 1.29 is 4.79 Å². The van der Waals surface area contributed by atoms with E-state index < -0.39 is 6.04 Å². The number of benzene rings is 2. The molecule has 104 valence electrons. The predicted octanol–water partition coefficient (Wildman–Crippen LogP) is 2.87. The third-order valence-electron chi connectivity index (χ3n) is 3.31. The zero-order valence-electron chi connectivity index (χ0n) is 11.4. The fraction of sp³-hybridized carbons (Fsp3) is 0.0588. The van der Waals surface area contributed by atoms with Crippen molar-refractivity contribution in [1.82, 2.24) is 4.98 Å². The van der Waals surface area contributed by atoms with E-state index in [-0.39, 0.29) is 5.91 Å². The molecule has 1 atom stereocenters. The number of hydrogen-bond acceptors (Lipinski definition) is 3. The molecule has 3 aromatic rings. The van der Waals surface area contributed by atoms with Crippen LogP contribution in [0.2, 0.25) is 0 Å². The number of nitrogens with two attached hydrogens (primary N) is 1. The van der Waals surface area contributed by atoms with Crippen molar-refractivity contribution in [2.75, 3.05) is 5.32 Å². The molecule has 0 aliphatic rings. The number of rotatable bonds is 3. The van der Waals surface area contributed by atoms with Gasteiger partial charge in [0.2, 0.25) is 5.91 Å². The summed E-state index contributed by atoms with van der Waals surface area (Å²) in [6.07, 6.45) is 1.74. The Labute approximate surface area is 122 Å². The van der Waals surface area contributed by atoms with Crippen LogP contribution in [0.1, 0.15) is 11.6 Å². The highest BCUT2D eigenvalue weighted by atomic mass is 16.2. The van der Waals surface area contributed by atoms with E-state index in [9.17, 15) is 4.79 Å². The van der Waals surface area contributed by atoms with Gasteiger partial charge in [0.05, 0.1) is 5.52 Å². The minimum absolute atomic E-state index is 0.232. The van der Waals surface area contributed by atoms with Crippen LogP contribution in [0.4, 0.5) is 5.69 Å². The zero-order chi connectivity index (χ0) is 14.7. The summed E-state index contributed by atoms with van der Waals surface area (Å²) in [5.74, 6) is -0.232. The molecule has 0 aliphatic carbocycles. The summed E-state index contributed by atoms with van der Waals surface area (Å²) in [6, 6.07) is 18.0. The Morgan fingerprint density at radius 2 is 1.86 bits per heavy atom. The summed E-state index contributed by atoms with van der Waals surface area (Å²) >= 11 is 0. The van der Waals surface area contributed by atoms with Gasteiger partial charge >= 0.3 is 0 Å². The lowest BCUT2D eigenvalue weighted by Gasteiger charge is -2.12. The Morgan fingerprint density at radius 3 is 2.67 bits per heavy atom. The van der Waals surface area contributed by atoms with Crippen LogP contribution in [0.15, 0.2) is 66.9 Å². The van der Waals surface area contributed by atoms with Gasteiger partial charge in [-0.25, -0.2) is 0 Å². The molecule has 3 N–H and O–H groups in total. The lowest BCUT2D eigenvalue weighted by Crippen LogP contribution is -2.27. The Balaban J connectivity index is 1.80. The van der Waals surface area contributed by atoms with Crippen molar-refractivity contribution in [2.45, 2.75) is 6.04 Å². The van der Waals surface area contributed by atoms with Gasteiger partial charge in [-0.2, -0.15) is 0 Å². The largest absolute Gasteiger partial charge is 0.324 e. The Morgan fingerprint density at radius 1 is 1.05 bits per heavy atom. The number of carbonyl (C=O) groups excluding carboxylic acids is 1. The molecule has 0 aliphatic heterocycles. The molecule has 0 bridgehead atoms. The first-order valence-corrected chi connectivity index (χ1v) is 6.70. The van der Waals surface area contributed by atoms with E-state index in [2.05, 4.69) is 10.3 Å². The Kier molecular flexibility index (Phi) is 3.62. The van der Waals surface area contributed by atoms with Gasteiger partial charge in [-0.1, -0.05) is 36.4 Å². The molecular formula is C17H15N3O. The van der Waals surface area contributed by atoms with Crippen LogP contribution < -0.4 is 11.1 Å². The molecule has 2 aromatic carbocycles. The molecule has 1 unspecified atom stereocenters. The average molecular weight is 277 g/mol. The minimum atomic E-state index is -0.684. The molecule has 0 fully saturated rings. The number of nitrogens with one attached hydrogen (secondary N) is 1. The summed E-state index contributed by atoms with van der Waals surface area (Å²) in [4.78, 5) is 16.4. The van der Waals surface area contributed by atoms with Gasteiger partial charge in [-0.05, 0) is 29.8 Å². The minimum Gasteiger partial charge on any atom is -0.324 e. The van der Waals surface area contributed by atoms with E-state index in [4.69, 9.17) is 5.73 Å². The highest BCUT2D eigenvalue weighted by Crippen LogP contribution is 2.18. The monoisotopic (exact) mass is 277 g/mol. The lowest BCUT2D eigenvalue weighted by molar-refractivity contribution is -0.117. The number of anilines is 1. The van der Waals surface area contributed by atoms with Gasteiger partial charge in [0, 0.05) is 17.3 Å². The van der Waals surface area contributed by atoms with Gasteiger partial charge in [0.25, 0.3) is 0 Å². The molecule has 0 spiro atoms.